The number of carbonyl (C=O) groups excluding carboxylic acids is 1. The second-order valence-corrected chi connectivity index (χ2v) is 26.4. The highest BCUT2D eigenvalue weighted by Gasteiger charge is 2.31. The van der Waals surface area contributed by atoms with Gasteiger partial charge in [-0.2, -0.15) is 0 Å². The van der Waals surface area contributed by atoms with Crippen LogP contribution in [0.25, 0.3) is 0 Å². The smallest absolute Gasteiger partial charge is 0.305 e. The van der Waals surface area contributed by atoms with Crippen LogP contribution in [0.4, 0.5) is 0 Å². The molecule has 0 spiro atoms. The molecule has 0 fully saturated rings. The van der Waals surface area contributed by atoms with Crippen LogP contribution in [0.2, 0.25) is 58.9 Å². The van der Waals surface area contributed by atoms with Gasteiger partial charge in [0.05, 0.1) is 25.4 Å². The summed E-state index contributed by atoms with van der Waals surface area (Å²) in [4.78, 5) is 11.3. The van der Waals surface area contributed by atoms with Crippen molar-refractivity contribution < 1.29 is 22.8 Å². The normalized spacial score (nSPS) is 15.8. The van der Waals surface area contributed by atoms with Crippen LogP contribution in [0.3, 0.4) is 0 Å². The summed E-state index contributed by atoms with van der Waals surface area (Å²) in [7, 11) is -3.70. The Kier molecular flexibility index (Phi) is 18.0. The van der Waals surface area contributed by atoms with E-state index in [0.29, 0.717) is 6.42 Å². The van der Waals surface area contributed by atoms with Crippen molar-refractivity contribution >= 4 is 30.9 Å². The van der Waals surface area contributed by atoms with E-state index < -0.39 is 25.0 Å². The first-order valence-corrected chi connectivity index (χ1v) is 24.6. The molecule has 0 aromatic rings. The molecule has 0 heterocycles. The van der Waals surface area contributed by atoms with Gasteiger partial charge in [0.2, 0.25) is 0 Å². The van der Waals surface area contributed by atoms with Gasteiger partial charge >= 0.3 is 5.97 Å². The van der Waals surface area contributed by atoms with Gasteiger partial charge in [-0.25, -0.2) is 0 Å². The van der Waals surface area contributed by atoms with Gasteiger partial charge in [-0.15, -0.1) is 0 Å². The summed E-state index contributed by atoms with van der Waals surface area (Å²) in [6.45, 7) is 22.7. The number of hydrogen-bond donors (Lipinski definition) is 0. The molecule has 0 bridgehead atoms. The summed E-state index contributed by atoms with van der Waals surface area (Å²) >= 11 is 0. The zero-order valence-corrected chi connectivity index (χ0v) is 28.7. The summed E-state index contributed by atoms with van der Waals surface area (Å²) < 4.78 is 24.7. The van der Waals surface area contributed by atoms with Crippen molar-refractivity contribution in [2.45, 2.75) is 155 Å². The van der Waals surface area contributed by atoms with Gasteiger partial charge in [0.1, 0.15) is 0 Å². The van der Waals surface area contributed by atoms with Crippen molar-refractivity contribution in [1.29, 1.82) is 0 Å². The van der Waals surface area contributed by atoms with Crippen molar-refractivity contribution in [3.63, 3.8) is 0 Å². The Morgan fingerprint density at radius 2 is 1.19 bits per heavy atom. The van der Waals surface area contributed by atoms with E-state index in [4.69, 9.17) is 18.0 Å². The molecule has 0 aromatic heterocycles. The van der Waals surface area contributed by atoms with Crippen LogP contribution < -0.4 is 0 Å². The van der Waals surface area contributed by atoms with Gasteiger partial charge in [-0.3, -0.25) is 4.79 Å². The molecule has 0 aromatic carbocycles. The summed E-state index contributed by atoms with van der Waals surface area (Å²) in [5.74, 6) is -0.107. The van der Waals surface area contributed by atoms with Gasteiger partial charge in [0.25, 0.3) is 0 Å². The van der Waals surface area contributed by atoms with Crippen molar-refractivity contribution in [2.24, 2.45) is 0 Å². The van der Waals surface area contributed by atoms with Crippen molar-refractivity contribution in [3.05, 3.63) is 12.2 Å². The first-order chi connectivity index (χ1) is 16.6. The number of unbranched alkanes of at least 4 members (excludes halogenated alkanes) is 6. The minimum atomic E-state index is -1.76. The summed E-state index contributed by atoms with van der Waals surface area (Å²) in [6, 6.07) is 0. The van der Waals surface area contributed by atoms with Gasteiger partial charge < -0.3 is 18.0 Å². The molecule has 3 atom stereocenters. The van der Waals surface area contributed by atoms with Gasteiger partial charge in [-0.05, 0) is 78.2 Å². The average molecular weight is 561 g/mol. The third-order valence-electron chi connectivity index (χ3n) is 5.57. The van der Waals surface area contributed by atoms with E-state index >= 15 is 0 Å². The minimum Gasteiger partial charge on any atom is -0.469 e. The van der Waals surface area contributed by atoms with Crippen molar-refractivity contribution in [2.75, 3.05) is 7.11 Å². The number of hydrogen-bond acceptors (Lipinski definition) is 5. The standard InChI is InChI=1S/C28H60O5Si3/c1-12-13-17-21-26(32-35(6,7)8)27(33-36(9,10)11)24-23-25(31-34(3,4)5)20-18-15-14-16-19-22-28(29)30-2/h23-27H,12-22H2,1-11H3. The maximum atomic E-state index is 11.3. The van der Waals surface area contributed by atoms with E-state index in [0.717, 1.165) is 44.9 Å². The molecule has 0 saturated heterocycles. The second kappa shape index (κ2) is 18.1. The van der Waals surface area contributed by atoms with E-state index in [1.54, 1.807) is 0 Å². The molecule has 0 aliphatic carbocycles. The van der Waals surface area contributed by atoms with Gasteiger partial charge in [0, 0.05) is 6.42 Å². The van der Waals surface area contributed by atoms with Crippen molar-refractivity contribution in [3.8, 4) is 0 Å². The molecular formula is C28H60O5Si3. The average Bonchev–Trinajstić information content (AvgIpc) is 2.72. The number of esters is 1. The molecule has 0 aliphatic rings. The predicted octanol–water partition coefficient (Wildman–Crippen LogP) is 8.69. The maximum absolute atomic E-state index is 11.3. The lowest BCUT2D eigenvalue weighted by Crippen LogP contribution is -2.44. The Hall–Kier alpha value is -0.259. The maximum Gasteiger partial charge on any atom is 0.305 e. The highest BCUT2D eigenvalue weighted by atomic mass is 28.4. The van der Waals surface area contributed by atoms with E-state index in [1.807, 2.05) is 0 Å². The summed E-state index contributed by atoms with van der Waals surface area (Å²) in [5, 5.41) is 0. The van der Waals surface area contributed by atoms with Crippen LogP contribution in [0.15, 0.2) is 12.2 Å². The lowest BCUT2D eigenvalue weighted by molar-refractivity contribution is -0.140. The Labute approximate surface area is 227 Å². The summed E-state index contributed by atoms with van der Waals surface area (Å²) in [6.07, 6.45) is 16.4. The third kappa shape index (κ3) is 21.8. The monoisotopic (exact) mass is 560 g/mol. The number of carbonyl (C=O) groups is 1. The minimum absolute atomic E-state index is 0.0219. The number of rotatable bonds is 21. The fraction of sp³-hybridized carbons (Fsp3) is 0.893. The van der Waals surface area contributed by atoms with E-state index in [9.17, 15) is 4.79 Å². The highest BCUT2D eigenvalue weighted by Crippen LogP contribution is 2.24. The van der Waals surface area contributed by atoms with Crippen LogP contribution in [-0.4, -0.2) is 56.3 Å². The largest absolute Gasteiger partial charge is 0.469 e. The second-order valence-electron chi connectivity index (χ2n) is 13.0. The first kappa shape index (κ1) is 35.7. The van der Waals surface area contributed by atoms with Crippen molar-refractivity contribution in [1.82, 2.24) is 0 Å². The van der Waals surface area contributed by atoms with E-state index in [-0.39, 0.29) is 24.3 Å². The van der Waals surface area contributed by atoms with Gasteiger partial charge in [0.15, 0.2) is 25.0 Å². The molecule has 8 heteroatoms. The Bertz CT molecular complexity index is 606. The van der Waals surface area contributed by atoms with E-state index in [2.05, 4.69) is 78.0 Å². The topological polar surface area (TPSA) is 54.0 Å². The zero-order valence-electron chi connectivity index (χ0n) is 25.7. The van der Waals surface area contributed by atoms with Crippen LogP contribution in [-0.2, 0) is 22.8 Å². The molecule has 3 unspecified atom stereocenters. The summed E-state index contributed by atoms with van der Waals surface area (Å²) in [5.41, 5.74) is 0. The fourth-order valence-corrected chi connectivity index (χ4v) is 7.43. The molecule has 36 heavy (non-hydrogen) atoms. The van der Waals surface area contributed by atoms with Crippen LogP contribution >= 0.6 is 0 Å². The Morgan fingerprint density at radius 3 is 1.72 bits per heavy atom. The van der Waals surface area contributed by atoms with Crippen LogP contribution in [0.1, 0.15) is 77.6 Å². The molecule has 0 amide bonds. The molecule has 214 valence electrons. The van der Waals surface area contributed by atoms with Gasteiger partial charge in [-0.1, -0.05) is 64.0 Å². The SMILES string of the molecule is CCCCCC(O[Si](C)(C)C)C(C=CC(CCCCCCCC(=O)OC)O[Si](C)(C)C)O[Si](C)(C)C. The zero-order chi connectivity index (χ0) is 27.8. The quantitative estimate of drug-likeness (QED) is 0.0608. The Balaban J connectivity index is 5.34. The first-order valence-electron chi connectivity index (χ1n) is 14.3. The third-order valence-corrected chi connectivity index (χ3v) is 8.57. The predicted molar refractivity (Wildman–Crippen MR) is 162 cm³/mol. The Morgan fingerprint density at radius 1 is 0.667 bits per heavy atom. The molecule has 0 N–H and O–H groups in total. The molecular weight excluding hydrogens is 501 g/mol. The lowest BCUT2D eigenvalue weighted by Gasteiger charge is -2.35. The molecule has 5 nitrogen and oxygen atoms in total. The van der Waals surface area contributed by atoms with Crippen LogP contribution in [0.5, 0.6) is 0 Å². The molecule has 0 rings (SSSR count). The van der Waals surface area contributed by atoms with Crippen LogP contribution in [0, 0.1) is 0 Å². The molecule has 0 radical (unpaired) electrons. The fourth-order valence-electron chi connectivity index (χ4n) is 4.12. The molecule has 0 aliphatic heterocycles. The number of ether oxygens (including phenoxy) is 1. The number of methoxy groups -OCH3 is 1. The highest BCUT2D eigenvalue weighted by molar-refractivity contribution is 6.70. The molecule has 0 saturated carbocycles. The lowest BCUT2D eigenvalue weighted by atomic mass is 10.0. The van der Waals surface area contributed by atoms with E-state index in [1.165, 1.54) is 26.4 Å².